The third-order valence-corrected chi connectivity index (χ3v) is 25.8. The number of rotatable bonds is 39. The van der Waals surface area contributed by atoms with Gasteiger partial charge in [-0.1, -0.05) is 123 Å². The molecule has 14 rings (SSSR count). The first kappa shape index (κ1) is 108. The fourth-order valence-corrected chi connectivity index (χ4v) is 17.7. The first-order valence-electron chi connectivity index (χ1n) is 48.1. The van der Waals surface area contributed by atoms with Crippen molar-refractivity contribution < 1.29 is 110 Å². The highest BCUT2D eigenvalue weighted by Crippen LogP contribution is 2.46. The quantitative estimate of drug-likeness (QED) is 0.00739. The standard InChI is InChI=1S/C55H64IN9O12.C51H60N8O10.3H2/c1-8-11-35-20-38-26-57-41-23-44(32(5)19-39(41)52(70)63(38)28-35)75-17-10-18-76-46-24-42-40(22-45(46)74-7)53(71)64-29-36(12-9-2)21-43(64)54(72)65(42)55(73)77-30-34-13-15-37(16-14-34)62-61-33(6)50(68)60-49(31(3)4)51(69)59-48(67)27-58-47(66)25-56;1-8-11-33-20-36-25-53-39-23-42(30(5)19-37(39)48(62)57(36)26-33)67-17-10-18-68-44-24-40-38(22-43(44)66-7)49(63)58-27-34(12-9-2)21-41(58)50(64)59(40)51(65)69-28-32-13-15-35(16-14-32)56-55-31(6)47(61)54-45(29(3)4)46(52)60;;;/h8-9,11-16,19,22-24,26,28-29,31,33,38,43,49,54,61-62,72H,10,17-18,20-21,25,27,30H2,1-7H3,(H,58,66)(H,60,68)(H,59,67,69);8-9,11-16,19,22-27,29,31,36,41,45,50,55-56,64H,10,17-18,20-21,28H2,1-7H3,(H2,52,60)(H,54,61);3*1H/b2*11-8+,12-9+;;;/t33?,38-,43-,49-,54-;31?,36-,41-,45-,50-;;;/m00.../s1. The maximum absolute atomic E-state index is 14.3. The van der Waals surface area contributed by atoms with Crippen molar-refractivity contribution in [2.24, 2.45) is 27.6 Å². The number of carbonyl (C=O) groups excluding carboxylic acids is 12. The molecule has 39 nitrogen and oxygen atoms in total. The molecule has 0 spiro atoms. The van der Waals surface area contributed by atoms with Crippen LogP contribution in [0, 0.1) is 25.7 Å². The van der Waals surface area contributed by atoms with Crippen molar-refractivity contribution in [3.63, 3.8) is 0 Å². The van der Waals surface area contributed by atoms with E-state index >= 15 is 0 Å². The molecule has 6 aromatic rings. The molecule has 0 radical (unpaired) electrons. The van der Waals surface area contributed by atoms with E-state index in [2.05, 4.69) is 53.0 Å². The maximum atomic E-state index is 14.3. The number of aliphatic hydroxyl groups excluding tert-OH is 2. The van der Waals surface area contributed by atoms with Crippen LogP contribution in [-0.2, 0) is 51.5 Å². The predicted molar refractivity (Wildman–Crippen MR) is 563 cm³/mol. The number of alkyl halides is 1. The van der Waals surface area contributed by atoms with Crippen LogP contribution in [0.1, 0.15) is 176 Å². The molecular formula is C106H130IN17O22. The number of methoxy groups -OCH3 is 2. The second-order valence-corrected chi connectivity index (χ2v) is 37.2. The number of aryl methyl sites for hydroxylation is 2. The number of carbonyl (C=O) groups is 12. The number of anilines is 4. The van der Waals surface area contributed by atoms with E-state index in [1.807, 2.05) is 125 Å². The molecule has 10 atom stereocenters. The highest BCUT2D eigenvalue weighted by molar-refractivity contribution is 14.1. The molecule has 8 heterocycles. The number of allylic oxidation sites excluding steroid dienone is 8. The monoisotopic (exact) mass is 2120 g/mol. The largest absolute Gasteiger partial charge is 0.493 e. The topological polar surface area (TPSA) is 486 Å². The van der Waals surface area contributed by atoms with Crippen LogP contribution in [-0.4, -0.2) is 226 Å². The summed E-state index contributed by atoms with van der Waals surface area (Å²) < 4.78 is 48.0. The number of imide groups is 1. The molecule has 6 aromatic carbocycles. The molecule has 0 saturated heterocycles. The zero-order valence-electron chi connectivity index (χ0n) is 83.7. The Labute approximate surface area is 864 Å². The van der Waals surface area contributed by atoms with E-state index in [9.17, 15) is 67.7 Å². The number of benzene rings is 6. The minimum absolute atomic E-state index is 0. The lowest BCUT2D eigenvalue weighted by Crippen LogP contribution is -2.56. The van der Waals surface area contributed by atoms with E-state index in [4.69, 9.17) is 43.6 Å². The molecule has 0 saturated carbocycles. The van der Waals surface area contributed by atoms with E-state index in [-0.39, 0.29) is 155 Å². The number of ether oxygens (including phenoxy) is 8. The molecule has 778 valence electrons. The van der Waals surface area contributed by atoms with Crippen LogP contribution in [0.25, 0.3) is 0 Å². The van der Waals surface area contributed by atoms with Crippen molar-refractivity contribution in [3.8, 4) is 34.5 Å². The van der Waals surface area contributed by atoms with Crippen molar-refractivity contribution in [2.45, 2.75) is 196 Å². The Morgan fingerprint density at radius 1 is 0.473 bits per heavy atom. The number of halogens is 1. The van der Waals surface area contributed by atoms with Crippen LogP contribution in [0.2, 0.25) is 0 Å². The predicted octanol–water partition coefficient (Wildman–Crippen LogP) is 13.1. The number of aliphatic hydroxyl groups is 2. The molecule has 146 heavy (non-hydrogen) atoms. The van der Waals surface area contributed by atoms with Gasteiger partial charge in [-0.25, -0.2) is 30.2 Å². The Bertz CT molecular complexity index is 6310. The van der Waals surface area contributed by atoms with Gasteiger partial charge in [-0.2, -0.15) is 0 Å². The smallest absolute Gasteiger partial charge is 0.416 e. The molecule has 0 bridgehead atoms. The first-order valence-corrected chi connectivity index (χ1v) is 49.6. The fraction of sp³-hybridized carbons (Fsp3) is 0.377. The number of hydrogen-bond acceptors (Lipinski definition) is 28. The average molecular weight is 2120 g/mol. The Morgan fingerprint density at radius 2 is 0.842 bits per heavy atom. The number of hydrogen-bond donors (Lipinski definition) is 11. The Balaban J connectivity index is 0.000000300. The highest BCUT2D eigenvalue weighted by atomic mass is 127. The van der Waals surface area contributed by atoms with Crippen LogP contribution >= 0.6 is 22.6 Å². The Kier molecular flexibility index (Phi) is 36.7. The molecule has 8 aliphatic rings. The number of amides is 12. The maximum Gasteiger partial charge on any atom is 0.416 e. The molecular weight excluding hydrogens is 1990 g/mol. The van der Waals surface area contributed by atoms with Gasteiger partial charge in [0.25, 0.3) is 23.6 Å². The number of primary amides is 1. The number of nitrogens with zero attached hydrogens (tertiary/aromatic N) is 8. The minimum Gasteiger partial charge on any atom is -0.493 e. The van der Waals surface area contributed by atoms with Gasteiger partial charge in [0.2, 0.25) is 35.4 Å². The normalized spacial score (nSPS) is 18.8. The van der Waals surface area contributed by atoms with E-state index in [1.165, 1.54) is 48.3 Å². The highest BCUT2D eigenvalue weighted by Gasteiger charge is 2.49. The second kappa shape index (κ2) is 49.5. The van der Waals surface area contributed by atoms with E-state index in [0.717, 1.165) is 43.2 Å². The molecule has 12 N–H and O–H groups in total. The number of fused-ring (bicyclic) bond motifs is 8. The molecule has 12 amide bonds. The number of nitrogens with two attached hydrogens (primary N) is 1. The Morgan fingerprint density at radius 3 is 1.21 bits per heavy atom. The van der Waals surface area contributed by atoms with Crippen molar-refractivity contribution in [3.05, 3.63) is 237 Å². The lowest BCUT2D eigenvalue weighted by atomic mass is 10.0. The van der Waals surface area contributed by atoms with Gasteiger partial charge in [0.05, 0.1) is 121 Å². The van der Waals surface area contributed by atoms with Crippen LogP contribution < -0.4 is 86.9 Å². The van der Waals surface area contributed by atoms with Crippen molar-refractivity contribution in [2.75, 3.05) is 72.3 Å². The van der Waals surface area contributed by atoms with Gasteiger partial charge in [0.1, 0.15) is 48.9 Å². The van der Waals surface area contributed by atoms with Gasteiger partial charge in [0.15, 0.2) is 35.5 Å². The van der Waals surface area contributed by atoms with Crippen molar-refractivity contribution >= 4 is 140 Å². The lowest BCUT2D eigenvalue weighted by molar-refractivity contribution is -0.135. The zero-order valence-corrected chi connectivity index (χ0v) is 85.9. The number of hydrazine groups is 2. The third-order valence-electron chi connectivity index (χ3n) is 25.1. The van der Waals surface area contributed by atoms with Gasteiger partial charge in [0, 0.05) is 90.0 Å². The summed E-state index contributed by atoms with van der Waals surface area (Å²) in [5, 5.41) is 33.9. The summed E-state index contributed by atoms with van der Waals surface area (Å²) in [6.07, 6.45) is 23.8. The van der Waals surface area contributed by atoms with Crippen molar-refractivity contribution in [1.29, 1.82) is 0 Å². The van der Waals surface area contributed by atoms with Crippen LogP contribution in [0.3, 0.4) is 0 Å². The van der Waals surface area contributed by atoms with E-state index < -0.39 is 102 Å². The summed E-state index contributed by atoms with van der Waals surface area (Å²) >= 11 is 1.85. The minimum atomic E-state index is -1.54. The summed E-state index contributed by atoms with van der Waals surface area (Å²) in [6.45, 7) is 21.5. The summed E-state index contributed by atoms with van der Waals surface area (Å²) in [4.78, 5) is 176. The molecule has 0 aliphatic carbocycles. The number of aliphatic imine (C=N–C) groups is 2. The molecule has 0 aromatic heterocycles. The average Bonchev–Trinajstić information content (AvgIpc) is 1.60. The molecule has 0 fully saturated rings. The fourth-order valence-electron chi connectivity index (χ4n) is 17.4. The second-order valence-electron chi connectivity index (χ2n) is 36.5. The summed E-state index contributed by atoms with van der Waals surface area (Å²) in [5.74, 6) is -3.02. The lowest BCUT2D eigenvalue weighted by Gasteiger charge is -2.31. The van der Waals surface area contributed by atoms with Crippen LogP contribution in [0.5, 0.6) is 34.5 Å². The third kappa shape index (κ3) is 25.8. The van der Waals surface area contributed by atoms with Gasteiger partial charge in [-0.3, -0.25) is 63.2 Å². The van der Waals surface area contributed by atoms with Gasteiger partial charge in [-0.15, -0.1) is 0 Å². The molecule has 40 heteroatoms. The zero-order chi connectivity index (χ0) is 105. The van der Waals surface area contributed by atoms with Crippen LogP contribution in [0.4, 0.5) is 43.7 Å². The van der Waals surface area contributed by atoms with E-state index in [0.29, 0.717) is 82.2 Å². The van der Waals surface area contributed by atoms with Crippen molar-refractivity contribution in [1.82, 2.24) is 51.7 Å². The first-order chi connectivity index (χ1) is 70.0. The molecule has 2 unspecified atom stereocenters. The summed E-state index contributed by atoms with van der Waals surface area (Å²) in [5.41, 5.74) is 27.0. The van der Waals surface area contributed by atoms with Gasteiger partial charge in [-0.05, 0) is 186 Å². The van der Waals surface area contributed by atoms with Gasteiger partial charge >= 0.3 is 12.2 Å². The SMILES string of the molecule is C/C=C/C1=CN2C(=O)c3cc(C)c(OCCCOc4cc5c(cc4OC)C(=O)N4C=C(/C=C/C)C[C@H]4[C@H](O)N5C(=O)OCc4ccc(NNC(C)C(=O)N[C@H](C(=O)NC(=O)CNC(=O)CI)C(C)C)cc4)cc3N=C[C@@H]2C1.C/C=C/C1=CN2C(=O)c3cc(C)c(OCCCOc4cc5c(cc4OC)C(=O)N4C=C(/C=C/C)C[C@H]4[C@H](O)N5C(=O)OCc4ccc(NNC(C)C(=O)N[C@H](C(N)=O)C(C)C)cc4)cc3N=C[C@@H]2C1.[HH].[HH].[HH]. The van der Waals surface area contributed by atoms with Gasteiger partial charge < -0.3 is 100 Å². The summed E-state index contributed by atoms with van der Waals surface area (Å²) in [7, 11) is 2.88. The van der Waals surface area contributed by atoms with E-state index in [1.54, 1.807) is 149 Å². The Hall–Kier alpha value is -15.0. The van der Waals surface area contributed by atoms with Crippen LogP contribution in [0.15, 0.2) is 203 Å². The number of nitrogens with one attached hydrogen (secondary N) is 8. The summed E-state index contributed by atoms with van der Waals surface area (Å²) in [6, 6.07) is 21.3. The molecule has 8 aliphatic heterocycles.